The first-order chi connectivity index (χ1) is 6.99. The van der Waals surface area contributed by atoms with Crippen molar-refractivity contribution in [1.29, 1.82) is 0 Å². The SMILES string of the molecule is C=C(C)C(=O)O.CCC[SiH2]C(OC)OC. The highest BCUT2D eigenvalue weighted by Crippen LogP contribution is 1.94. The third kappa shape index (κ3) is 13.3. The van der Waals surface area contributed by atoms with Gasteiger partial charge in [0.2, 0.25) is 0 Å². The molecule has 0 amide bonds. The first-order valence-electron chi connectivity index (χ1n) is 4.93. The normalized spacial score (nSPS) is 10.2. The van der Waals surface area contributed by atoms with Crippen LogP contribution in [0.25, 0.3) is 0 Å². The molecule has 0 atom stereocenters. The van der Waals surface area contributed by atoms with Crippen molar-refractivity contribution in [2.45, 2.75) is 32.2 Å². The number of hydrogen-bond donors (Lipinski definition) is 1. The first-order valence-corrected chi connectivity index (χ1v) is 6.75. The molecule has 4 nitrogen and oxygen atoms in total. The third-order valence-corrected chi connectivity index (χ3v) is 3.94. The van der Waals surface area contributed by atoms with Crippen LogP contribution in [-0.2, 0) is 14.3 Å². The van der Waals surface area contributed by atoms with Crippen LogP contribution in [0.4, 0.5) is 0 Å². The second kappa shape index (κ2) is 11.4. The fraction of sp³-hybridized carbons (Fsp3) is 0.700. The zero-order valence-electron chi connectivity index (χ0n) is 10.1. The Morgan fingerprint density at radius 2 is 1.87 bits per heavy atom. The van der Waals surface area contributed by atoms with Crippen LogP contribution in [0.15, 0.2) is 12.2 Å². The second-order valence-corrected chi connectivity index (χ2v) is 5.08. The number of carboxylic acids is 1. The van der Waals surface area contributed by atoms with Crippen molar-refractivity contribution < 1.29 is 19.4 Å². The zero-order chi connectivity index (χ0) is 12.3. The highest BCUT2D eigenvalue weighted by molar-refractivity contribution is 6.36. The minimum Gasteiger partial charge on any atom is -0.478 e. The van der Waals surface area contributed by atoms with E-state index >= 15 is 0 Å². The maximum Gasteiger partial charge on any atom is 0.330 e. The first kappa shape index (κ1) is 16.8. The fourth-order valence-electron chi connectivity index (χ4n) is 0.703. The van der Waals surface area contributed by atoms with E-state index in [0.717, 1.165) is 0 Å². The van der Waals surface area contributed by atoms with Crippen molar-refractivity contribution in [3.8, 4) is 0 Å². The van der Waals surface area contributed by atoms with Crippen molar-refractivity contribution >= 4 is 15.5 Å². The van der Waals surface area contributed by atoms with Crippen LogP contribution in [0.1, 0.15) is 20.3 Å². The van der Waals surface area contributed by atoms with Gasteiger partial charge in [-0.2, -0.15) is 0 Å². The molecule has 0 aromatic heterocycles. The summed E-state index contributed by atoms with van der Waals surface area (Å²) in [7, 11) is 3.29. The standard InChI is InChI=1S/C6H16O2Si.C4H6O2/c1-4-5-9-6(7-2)8-3;1-3(2)4(5)6/h6H,4-5,9H2,1-3H3;1H2,2H3,(H,5,6). The smallest absolute Gasteiger partial charge is 0.330 e. The molecule has 0 aliphatic rings. The molecule has 90 valence electrons. The van der Waals surface area contributed by atoms with Crippen LogP contribution in [-0.4, -0.2) is 40.7 Å². The summed E-state index contributed by atoms with van der Waals surface area (Å²) in [4.78, 5) is 9.60. The topological polar surface area (TPSA) is 55.8 Å². The van der Waals surface area contributed by atoms with Gasteiger partial charge in [0.15, 0.2) is 0 Å². The quantitative estimate of drug-likeness (QED) is 0.426. The predicted molar refractivity (Wildman–Crippen MR) is 63.9 cm³/mol. The van der Waals surface area contributed by atoms with Crippen molar-refractivity contribution in [1.82, 2.24) is 0 Å². The van der Waals surface area contributed by atoms with Gasteiger partial charge in [-0.15, -0.1) is 0 Å². The number of carboxylic acid groups (broad SMARTS) is 1. The summed E-state index contributed by atoms with van der Waals surface area (Å²) < 4.78 is 10.1. The molecule has 0 bridgehead atoms. The molecule has 0 saturated carbocycles. The lowest BCUT2D eigenvalue weighted by molar-refractivity contribution is -0.132. The van der Waals surface area contributed by atoms with E-state index < -0.39 is 5.97 Å². The van der Waals surface area contributed by atoms with E-state index in [0.29, 0.717) is 0 Å². The molecule has 0 saturated heterocycles. The average molecular weight is 234 g/mol. The van der Waals surface area contributed by atoms with Gasteiger partial charge >= 0.3 is 5.97 Å². The lowest BCUT2D eigenvalue weighted by Gasteiger charge is -2.10. The Labute approximate surface area is 94.1 Å². The molecular weight excluding hydrogens is 212 g/mol. The summed E-state index contributed by atoms with van der Waals surface area (Å²) in [6.45, 7) is 6.79. The number of hydrogen-bond acceptors (Lipinski definition) is 3. The van der Waals surface area contributed by atoms with Gasteiger partial charge in [0, 0.05) is 19.8 Å². The van der Waals surface area contributed by atoms with Gasteiger partial charge in [-0.05, 0) is 6.92 Å². The van der Waals surface area contributed by atoms with Gasteiger partial charge in [-0.1, -0.05) is 26.0 Å². The third-order valence-electron chi connectivity index (χ3n) is 1.68. The van der Waals surface area contributed by atoms with E-state index in [1.807, 2.05) is 0 Å². The lowest BCUT2D eigenvalue weighted by atomic mass is 10.4. The van der Waals surface area contributed by atoms with Crippen molar-refractivity contribution in [2.75, 3.05) is 14.2 Å². The Hall–Kier alpha value is -0.653. The molecule has 0 rings (SSSR count). The maximum absolute atomic E-state index is 9.60. The Morgan fingerprint density at radius 3 is 2.07 bits per heavy atom. The van der Waals surface area contributed by atoms with Crippen LogP contribution in [0.3, 0.4) is 0 Å². The Bertz CT molecular complexity index is 166. The molecule has 15 heavy (non-hydrogen) atoms. The van der Waals surface area contributed by atoms with E-state index in [1.54, 1.807) is 14.2 Å². The Kier molecular flexibility index (Phi) is 12.8. The van der Waals surface area contributed by atoms with E-state index in [4.69, 9.17) is 14.6 Å². The molecule has 0 aromatic carbocycles. The van der Waals surface area contributed by atoms with E-state index in [9.17, 15) is 4.79 Å². The van der Waals surface area contributed by atoms with Gasteiger partial charge in [-0.3, -0.25) is 0 Å². The van der Waals surface area contributed by atoms with Crippen LogP contribution in [0.5, 0.6) is 0 Å². The van der Waals surface area contributed by atoms with Crippen LogP contribution in [0.2, 0.25) is 6.04 Å². The molecule has 0 unspecified atom stereocenters. The van der Waals surface area contributed by atoms with E-state index in [2.05, 4.69) is 13.5 Å². The fourth-order valence-corrected chi connectivity index (χ4v) is 1.92. The minimum atomic E-state index is -0.935. The molecule has 0 aromatic rings. The molecule has 0 aliphatic heterocycles. The highest BCUT2D eigenvalue weighted by Gasteiger charge is 2.02. The summed E-state index contributed by atoms with van der Waals surface area (Å²) in [5.41, 5.74) is 0.176. The lowest BCUT2D eigenvalue weighted by Crippen LogP contribution is -2.20. The van der Waals surface area contributed by atoms with Crippen LogP contribution < -0.4 is 0 Å². The summed E-state index contributed by atoms with van der Waals surface area (Å²) >= 11 is 0. The molecule has 0 heterocycles. The average Bonchev–Trinajstić information content (AvgIpc) is 2.20. The molecule has 0 radical (unpaired) electrons. The van der Waals surface area contributed by atoms with E-state index in [1.165, 1.54) is 19.4 Å². The monoisotopic (exact) mass is 234 g/mol. The molecule has 5 heteroatoms. The minimum absolute atomic E-state index is 0.119. The van der Waals surface area contributed by atoms with Crippen LogP contribution >= 0.6 is 0 Å². The maximum atomic E-state index is 9.60. The summed E-state index contributed by atoms with van der Waals surface area (Å²) in [6.07, 6.45) is 1.26. The van der Waals surface area contributed by atoms with Gasteiger partial charge in [-0.25, -0.2) is 4.79 Å². The number of ether oxygens (including phenoxy) is 2. The number of aliphatic carboxylic acids is 1. The number of rotatable bonds is 6. The largest absolute Gasteiger partial charge is 0.478 e. The van der Waals surface area contributed by atoms with Gasteiger partial charge in [0.25, 0.3) is 0 Å². The Balaban J connectivity index is 0. The van der Waals surface area contributed by atoms with E-state index in [-0.39, 0.29) is 21.0 Å². The Morgan fingerprint density at radius 1 is 1.47 bits per heavy atom. The van der Waals surface area contributed by atoms with Crippen molar-refractivity contribution in [3.63, 3.8) is 0 Å². The van der Waals surface area contributed by atoms with Crippen molar-refractivity contribution in [3.05, 3.63) is 12.2 Å². The van der Waals surface area contributed by atoms with Gasteiger partial charge < -0.3 is 14.6 Å². The van der Waals surface area contributed by atoms with Gasteiger partial charge in [0.1, 0.15) is 5.91 Å². The highest BCUT2D eigenvalue weighted by atomic mass is 28.2. The summed E-state index contributed by atoms with van der Waals surface area (Å²) in [5.74, 6) is -0.792. The summed E-state index contributed by atoms with van der Waals surface area (Å²) in [5, 5.41) is 7.89. The molecule has 0 aliphatic carbocycles. The molecule has 1 N–H and O–H groups in total. The number of carbonyl (C=O) groups is 1. The predicted octanol–water partition coefficient (Wildman–Crippen LogP) is 1.21. The summed E-state index contributed by atoms with van der Waals surface area (Å²) in [6, 6.07) is 1.31. The molecule has 0 fully saturated rings. The molecular formula is C10H22O4Si. The number of methoxy groups -OCH3 is 2. The zero-order valence-corrected chi connectivity index (χ0v) is 11.5. The van der Waals surface area contributed by atoms with Gasteiger partial charge in [0.05, 0.1) is 9.52 Å². The second-order valence-electron chi connectivity index (χ2n) is 3.13. The molecule has 0 spiro atoms. The van der Waals surface area contributed by atoms with Crippen molar-refractivity contribution in [2.24, 2.45) is 0 Å². The van der Waals surface area contributed by atoms with Crippen LogP contribution in [0, 0.1) is 0 Å².